The number of anilines is 1. The molecule has 1 saturated heterocycles. The number of benzene rings is 1. The second-order valence-corrected chi connectivity index (χ2v) is 7.68. The van der Waals surface area contributed by atoms with Crippen LogP contribution >= 0.6 is 23.4 Å². The highest BCUT2D eigenvalue weighted by Crippen LogP contribution is 2.29. The number of rotatable bonds is 3. The first kappa shape index (κ1) is 17.3. The summed E-state index contributed by atoms with van der Waals surface area (Å²) in [7, 11) is 0. The van der Waals surface area contributed by atoms with Gasteiger partial charge in [0, 0.05) is 30.2 Å². The van der Waals surface area contributed by atoms with Crippen molar-refractivity contribution in [2.24, 2.45) is 4.99 Å². The van der Waals surface area contributed by atoms with E-state index in [9.17, 15) is 9.59 Å². The molecule has 0 spiro atoms. The molecule has 0 aromatic heterocycles. The Morgan fingerprint density at radius 2 is 2.12 bits per heavy atom. The number of aryl methyl sites for hydroxylation is 1. The molecular formula is C17H20ClN3O2S. The van der Waals surface area contributed by atoms with Crippen molar-refractivity contribution in [1.82, 2.24) is 4.90 Å². The van der Waals surface area contributed by atoms with E-state index in [4.69, 9.17) is 11.6 Å². The van der Waals surface area contributed by atoms with Crippen LogP contribution in [0.15, 0.2) is 23.2 Å². The van der Waals surface area contributed by atoms with Crippen LogP contribution in [0.4, 0.5) is 5.69 Å². The maximum Gasteiger partial charge on any atom is 0.262 e. The van der Waals surface area contributed by atoms with Crippen molar-refractivity contribution in [2.75, 3.05) is 18.4 Å². The second kappa shape index (κ2) is 7.57. The molecule has 0 radical (unpaired) electrons. The number of likely N-dealkylation sites (tertiary alicyclic amines) is 1. The number of carbonyl (C=O) groups excluding carboxylic acids is 2. The molecule has 0 aliphatic carbocycles. The fourth-order valence-corrected chi connectivity index (χ4v) is 4.08. The lowest BCUT2D eigenvalue weighted by molar-refractivity contribution is -0.121. The Kier molecular flexibility index (Phi) is 5.46. The summed E-state index contributed by atoms with van der Waals surface area (Å²) < 4.78 is 0. The average molecular weight is 366 g/mol. The molecule has 2 heterocycles. The standard InChI is InChI=1S/C17H20ClN3O2S/c1-11-5-6-12(9-13(11)18)19-15(22)10-14-16(23)20-17(24-14)21-7-3-2-4-8-21/h5-6,9,14H,2-4,7-8,10H2,1H3,(H,19,22). The van der Waals surface area contributed by atoms with Crippen molar-refractivity contribution in [3.8, 4) is 0 Å². The van der Waals surface area contributed by atoms with E-state index < -0.39 is 5.25 Å². The molecule has 0 saturated carbocycles. The number of carbonyl (C=O) groups is 2. The number of amidine groups is 1. The van der Waals surface area contributed by atoms with Crippen molar-refractivity contribution in [3.63, 3.8) is 0 Å². The first-order valence-corrected chi connectivity index (χ1v) is 9.39. The van der Waals surface area contributed by atoms with E-state index in [0.29, 0.717) is 10.7 Å². The fraction of sp³-hybridized carbons (Fsp3) is 0.471. The number of aliphatic imine (C=N–C) groups is 1. The van der Waals surface area contributed by atoms with Gasteiger partial charge in [0.15, 0.2) is 5.17 Å². The van der Waals surface area contributed by atoms with E-state index in [-0.39, 0.29) is 18.2 Å². The summed E-state index contributed by atoms with van der Waals surface area (Å²) in [4.78, 5) is 30.6. The SMILES string of the molecule is Cc1ccc(NC(=O)CC2SC(N3CCCCC3)=NC2=O)cc1Cl. The largest absolute Gasteiger partial charge is 0.351 e. The molecule has 2 aliphatic heterocycles. The van der Waals surface area contributed by atoms with Gasteiger partial charge < -0.3 is 10.2 Å². The average Bonchev–Trinajstić information content (AvgIpc) is 2.93. The van der Waals surface area contributed by atoms with Gasteiger partial charge in [-0.15, -0.1) is 0 Å². The van der Waals surface area contributed by atoms with Crippen LogP contribution in [0.25, 0.3) is 0 Å². The van der Waals surface area contributed by atoms with Gasteiger partial charge in [0.05, 0.1) is 0 Å². The topological polar surface area (TPSA) is 61.8 Å². The lowest BCUT2D eigenvalue weighted by atomic mass is 10.1. The first-order chi connectivity index (χ1) is 11.5. The smallest absolute Gasteiger partial charge is 0.262 e. The highest BCUT2D eigenvalue weighted by Gasteiger charge is 2.33. The molecule has 1 aromatic carbocycles. The molecule has 5 nitrogen and oxygen atoms in total. The molecule has 1 fully saturated rings. The molecular weight excluding hydrogens is 346 g/mol. The fourth-order valence-electron chi connectivity index (χ4n) is 2.78. The molecule has 1 atom stereocenters. The van der Waals surface area contributed by atoms with Gasteiger partial charge in [-0.05, 0) is 43.9 Å². The monoisotopic (exact) mass is 365 g/mol. The van der Waals surface area contributed by atoms with Gasteiger partial charge in [-0.2, -0.15) is 4.99 Å². The number of amides is 2. The Bertz CT molecular complexity index is 686. The molecule has 7 heteroatoms. The molecule has 24 heavy (non-hydrogen) atoms. The van der Waals surface area contributed by atoms with Crippen LogP contribution in [-0.2, 0) is 9.59 Å². The van der Waals surface area contributed by atoms with E-state index in [1.165, 1.54) is 18.2 Å². The van der Waals surface area contributed by atoms with E-state index in [0.717, 1.165) is 36.7 Å². The minimum atomic E-state index is -0.428. The van der Waals surface area contributed by atoms with E-state index in [2.05, 4.69) is 15.2 Å². The zero-order valence-electron chi connectivity index (χ0n) is 13.5. The summed E-state index contributed by atoms with van der Waals surface area (Å²) in [5.74, 6) is -0.409. The summed E-state index contributed by atoms with van der Waals surface area (Å²) in [5, 5.41) is 3.75. The number of hydrogen-bond acceptors (Lipinski definition) is 4. The molecule has 1 N–H and O–H groups in total. The third-order valence-corrected chi connectivity index (χ3v) is 5.80. The minimum absolute atomic E-state index is 0.121. The summed E-state index contributed by atoms with van der Waals surface area (Å²) in [5.41, 5.74) is 1.60. The van der Waals surface area contributed by atoms with Gasteiger partial charge in [-0.1, -0.05) is 29.4 Å². The lowest BCUT2D eigenvalue weighted by Crippen LogP contribution is -2.33. The predicted molar refractivity (Wildman–Crippen MR) is 98.7 cm³/mol. The maximum absolute atomic E-state index is 12.2. The van der Waals surface area contributed by atoms with Crippen molar-refractivity contribution >= 4 is 46.0 Å². The van der Waals surface area contributed by atoms with Crippen molar-refractivity contribution in [1.29, 1.82) is 0 Å². The number of nitrogens with zero attached hydrogens (tertiary/aromatic N) is 2. The van der Waals surface area contributed by atoms with Gasteiger partial charge in [-0.3, -0.25) is 9.59 Å². The van der Waals surface area contributed by atoms with Crippen LogP contribution in [0.2, 0.25) is 5.02 Å². The Morgan fingerprint density at radius 1 is 1.38 bits per heavy atom. The van der Waals surface area contributed by atoms with Crippen LogP contribution in [0.1, 0.15) is 31.2 Å². The van der Waals surface area contributed by atoms with E-state index >= 15 is 0 Å². The molecule has 3 rings (SSSR count). The third kappa shape index (κ3) is 4.11. The summed E-state index contributed by atoms with van der Waals surface area (Å²) in [6.45, 7) is 3.79. The Labute approximate surface area is 150 Å². The number of piperidine rings is 1. The number of halogens is 1. The van der Waals surface area contributed by atoms with Crippen LogP contribution in [0.3, 0.4) is 0 Å². The first-order valence-electron chi connectivity index (χ1n) is 8.13. The van der Waals surface area contributed by atoms with Gasteiger partial charge in [0.25, 0.3) is 5.91 Å². The van der Waals surface area contributed by atoms with Gasteiger partial charge in [-0.25, -0.2) is 0 Å². The Morgan fingerprint density at radius 3 is 2.83 bits per heavy atom. The number of nitrogens with one attached hydrogen (secondary N) is 1. The lowest BCUT2D eigenvalue weighted by Gasteiger charge is -2.27. The van der Waals surface area contributed by atoms with Crippen LogP contribution in [-0.4, -0.2) is 40.2 Å². The maximum atomic E-state index is 12.2. The van der Waals surface area contributed by atoms with Crippen LogP contribution in [0, 0.1) is 6.92 Å². The molecule has 0 bridgehead atoms. The summed E-state index contributed by atoms with van der Waals surface area (Å²) >= 11 is 7.47. The third-order valence-electron chi connectivity index (χ3n) is 4.18. The molecule has 2 amide bonds. The zero-order valence-corrected chi connectivity index (χ0v) is 15.1. The Balaban J connectivity index is 1.55. The van der Waals surface area contributed by atoms with E-state index in [1.807, 2.05) is 13.0 Å². The zero-order chi connectivity index (χ0) is 17.1. The Hall–Kier alpha value is -1.53. The number of hydrogen-bond donors (Lipinski definition) is 1. The molecule has 1 aromatic rings. The van der Waals surface area contributed by atoms with Gasteiger partial charge >= 0.3 is 0 Å². The normalized spacial score (nSPS) is 20.9. The minimum Gasteiger partial charge on any atom is -0.351 e. The van der Waals surface area contributed by atoms with E-state index in [1.54, 1.807) is 12.1 Å². The van der Waals surface area contributed by atoms with Crippen LogP contribution in [0.5, 0.6) is 0 Å². The highest BCUT2D eigenvalue weighted by atomic mass is 35.5. The predicted octanol–water partition coefficient (Wildman–Crippen LogP) is 3.46. The second-order valence-electron chi connectivity index (χ2n) is 6.10. The summed E-state index contributed by atoms with van der Waals surface area (Å²) in [6, 6.07) is 5.37. The molecule has 128 valence electrons. The van der Waals surface area contributed by atoms with Gasteiger partial charge in [0.1, 0.15) is 5.25 Å². The quantitative estimate of drug-likeness (QED) is 0.891. The van der Waals surface area contributed by atoms with Crippen LogP contribution < -0.4 is 5.32 Å². The molecule has 2 aliphatic rings. The van der Waals surface area contributed by atoms with Crippen molar-refractivity contribution < 1.29 is 9.59 Å². The number of thioether (sulfide) groups is 1. The van der Waals surface area contributed by atoms with Gasteiger partial charge in [0.2, 0.25) is 5.91 Å². The van der Waals surface area contributed by atoms with Crippen molar-refractivity contribution in [2.45, 2.75) is 37.9 Å². The highest BCUT2D eigenvalue weighted by molar-refractivity contribution is 8.15. The molecule has 1 unspecified atom stereocenters. The summed E-state index contributed by atoms with van der Waals surface area (Å²) in [6.07, 6.45) is 3.61. The van der Waals surface area contributed by atoms with Crippen molar-refractivity contribution in [3.05, 3.63) is 28.8 Å².